The number of hydrogen-bond acceptors (Lipinski definition) is 3. The second-order valence-corrected chi connectivity index (χ2v) is 3.52. The van der Waals surface area contributed by atoms with Crippen LogP contribution in [0.2, 0.25) is 0 Å². The molecule has 0 radical (unpaired) electrons. The first kappa shape index (κ1) is 10.5. The van der Waals surface area contributed by atoms with Crippen molar-refractivity contribution in [1.29, 1.82) is 0 Å². The molecule has 0 bridgehead atoms. The van der Waals surface area contributed by atoms with E-state index in [1.54, 1.807) is 18.2 Å². The highest BCUT2D eigenvalue weighted by Crippen LogP contribution is 2.32. The molecule has 16 heavy (non-hydrogen) atoms. The largest absolute Gasteiger partial charge is 0.489 e. The third-order valence-electron chi connectivity index (χ3n) is 2.36. The van der Waals surface area contributed by atoms with Gasteiger partial charge in [-0.15, -0.1) is 0 Å². The third-order valence-corrected chi connectivity index (χ3v) is 2.36. The van der Waals surface area contributed by atoms with Crippen LogP contribution in [0.1, 0.15) is 5.56 Å². The van der Waals surface area contributed by atoms with Gasteiger partial charge in [-0.2, -0.15) is 0 Å². The highest BCUT2D eigenvalue weighted by Gasteiger charge is 2.28. The van der Waals surface area contributed by atoms with Crippen LogP contribution in [0.25, 0.3) is 0 Å². The fourth-order valence-electron chi connectivity index (χ4n) is 1.59. The number of aliphatic carboxylic acids is 1. The molecule has 1 N–H and O–H groups in total. The Hall–Kier alpha value is -1.97. The van der Waals surface area contributed by atoms with Crippen LogP contribution >= 0.6 is 0 Å². The van der Waals surface area contributed by atoms with E-state index < -0.39 is 12.1 Å². The highest BCUT2D eigenvalue weighted by atomic mass is 16.5. The van der Waals surface area contributed by atoms with Gasteiger partial charge in [0.15, 0.2) is 6.10 Å². The molecule has 0 amide bonds. The van der Waals surface area contributed by atoms with Crippen LogP contribution in [0, 0.1) is 0 Å². The van der Waals surface area contributed by atoms with Crippen molar-refractivity contribution in [2.45, 2.75) is 12.5 Å². The van der Waals surface area contributed by atoms with E-state index in [1.165, 1.54) is 0 Å². The SMILES string of the molecule is C=CCOc1ccc2c(c1)OC(C(=O)O)C2. The van der Waals surface area contributed by atoms with E-state index in [9.17, 15) is 4.79 Å². The second-order valence-electron chi connectivity index (χ2n) is 3.52. The van der Waals surface area contributed by atoms with Gasteiger partial charge in [0.2, 0.25) is 0 Å². The van der Waals surface area contributed by atoms with Gasteiger partial charge in [-0.05, 0) is 11.6 Å². The molecular formula is C12H12O4. The highest BCUT2D eigenvalue weighted by molar-refractivity contribution is 5.74. The Morgan fingerprint density at radius 3 is 3.19 bits per heavy atom. The molecule has 1 aliphatic heterocycles. The third kappa shape index (κ3) is 2.00. The Bertz CT molecular complexity index is 425. The summed E-state index contributed by atoms with van der Waals surface area (Å²) in [6.07, 6.45) is 1.28. The van der Waals surface area contributed by atoms with Crippen LogP contribution in [0.3, 0.4) is 0 Å². The number of carboxylic acids is 1. The fourth-order valence-corrected chi connectivity index (χ4v) is 1.59. The van der Waals surface area contributed by atoms with E-state index in [2.05, 4.69) is 6.58 Å². The molecule has 1 atom stereocenters. The average molecular weight is 220 g/mol. The van der Waals surface area contributed by atoms with E-state index in [1.807, 2.05) is 6.07 Å². The maximum absolute atomic E-state index is 10.8. The van der Waals surface area contributed by atoms with Gasteiger partial charge in [0.25, 0.3) is 0 Å². The quantitative estimate of drug-likeness (QED) is 0.784. The van der Waals surface area contributed by atoms with Gasteiger partial charge in [0, 0.05) is 12.5 Å². The summed E-state index contributed by atoms with van der Waals surface area (Å²) in [5.74, 6) is 0.309. The van der Waals surface area contributed by atoms with E-state index in [4.69, 9.17) is 14.6 Å². The molecule has 0 fully saturated rings. The zero-order valence-corrected chi connectivity index (χ0v) is 8.68. The summed E-state index contributed by atoms with van der Waals surface area (Å²) < 4.78 is 10.6. The molecule has 1 unspecified atom stereocenters. The number of hydrogen-bond donors (Lipinski definition) is 1. The minimum absolute atomic E-state index is 0.409. The summed E-state index contributed by atoms with van der Waals surface area (Å²) in [6, 6.07) is 5.34. The fraction of sp³-hybridized carbons (Fsp3) is 0.250. The second kappa shape index (κ2) is 4.26. The molecule has 0 saturated heterocycles. The van der Waals surface area contributed by atoms with Crippen LogP contribution in [-0.2, 0) is 11.2 Å². The van der Waals surface area contributed by atoms with Gasteiger partial charge >= 0.3 is 5.97 Å². The lowest BCUT2D eigenvalue weighted by molar-refractivity contribution is -0.144. The Morgan fingerprint density at radius 2 is 2.50 bits per heavy atom. The number of benzene rings is 1. The lowest BCUT2D eigenvalue weighted by Crippen LogP contribution is -2.24. The van der Waals surface area contributed by atoms with Crippen molar-refractivity contribution in [2.75, 3.05) is 6.61 Å². The van der Waals surface area contributed by atoms with E-state index in [0.29, 0.717) is 24.5 Å². The zero-order valence-electron chi connectivity index (χ0n) is 8.68. The lowest BCUT2D eigenvalue weighted by Gasteiger charge is -2.06. The van der Waals surface area contributed by atoms with Gasteiger partial charge in [0.05, 0.1) is 0 Å². The van der Waals surface area contributed by atoms with Crippen LogP contribution in [0.5, 0.6) is 11.5 Å². The molecular weight excluding hydrogens is 208 g/mol. The van der Waals surface area contributed by atoms with E-state index >= 15 is 0 Å². The number of ether oxygens (including phenoxy) is 2. The van der Waals surface area contributed by atoms with Gasteiger partial charge in [0.1, 0.15) is 18.1 Å². The maximum atomic E-state index is 10.8. The monoisotopic (exact) mass is 220 g/mol. The van der Waals surface area contributed by atoms with Gasteiger partial charge in [-0.3, -0.25) is 0 Å². The Balaban J connectivity index is 2.14. The first-order chi connectivity index (χ1) is 7.70. The smallest absolute Gasteiger partial charge is 0.345 e. The Morgan fingerprint density at radius 1 is 1.69 bits per heavy atom. The lowest BCUT2D eigenvalue weighted by atomic mass is 10.1. The van der Waals surface area contributed by atoms with Crippen LogP contribution < -0.4 is 9.47 Å². The summed E-state index contributed by atoms with van der Waals surface area (Å²) in [7, 11) is 0. The van der Waals surface area contributed by atoms with Gasteiger partial charge < -0.3 is 14.6 Å². The van der Waals surface area contributed by atoms with Crippen molar-refractivity contribution in [2.24, 2.45) is 0 Å². The molecule has 1 aliphatic rings. The predicted octanol–water partition coefficient (Wildman–Crippen LogP) is 1.64. The predicted molar refractivity (Wildman–Crippen MR) is 57.9 cm³/mol. The molecule has 84 valence electrons. The number of carbonyl (C=O) groups is 1. The van der Waals surface area contributed by atoms with Crippen molar-refractivity contribution in [3.63, 3.8) is 0 Å². The number of carboxylic acid groups (broad SMARTS) is 1. The van der Waals surface area contributed by atoms with Gasteiger partial charge in [-0.25, -0.2) is 4.79 Å². The standard InChI is InChI=1S/C12H12O4/c1-2-5-15-9-4-3-8-6-11(12(13)14)16-10(8)7-9/h2-4,7,11H,1,5-6H2,(H,13,14). The van der Waals surface area contributed by atoms with Crippen molar-refractivity contribution in [3.8, 4) is 11.5 Å². The summed E-state index contributed by atoms with van der Waals surface area (Å²) >= 11 is 0. The number of fused-ring (bicyclic) bond motifs is 1. The zero-order chi connectivity index (χ0) is 11.5. The molecule has 0 saturated carbocycles. The normalized spacial score (nSPS) is 17.4. The van der Waals surface area contributed by atoms with E-state index in [0.717, 1.165) is 5.56 Å². The molecule has 0 spiro atoms. The summed E-state index contributed by atoms with van der Waals surface area (Å²) in [5.41, 5.74) is 0.901. The average Bonchev–Trinajstić information content (AvgIpc) is 2.69. The molecule has 0 aromatic heterocycles. The molecule has 4 nitrogen and oxygen atoms in total. The van der Waals surface area contributed by atoms with Crippen molar-refractivity contribution in [1.82, 2.24) is 0 Å². The minimum atomic E-state index is -0.940. The summed E-state index contributed by atoms with van der Waals surface area (Å²) in [6.45, 7) is 3.97. The van der Waals surface area contributed by atoms with Crippen LogP contribution in [-0.4, -0.2) is 23.8 Å². The Kier molecular flexibility index (Phi) is 2.81. The first-order valence-corrected chi connectivity index (χ1v) is 4.97. The minimum Gasteiger partial charge on any atom is -0.489 e. The topological polar surface area (TPSA) is 55.8 Å². The Labute approximate surface area is 93.1 Å². The molecule has 1 heterocycles. The van der Waals surface area contributed by atoms with Crippen LogP contribution in [0.4, 0.5) is 0 Å². The van der Waals surface area contributed by atoms with Crippen LogP contribution in [0.15, 0.2) is 30.9 Å². The molecule has 1 aromatic rings. The van der Waals surface area contributed by atoms with Crippen molar-refractivity contribution in [3.05, 3.63) is 36.4 Å². The van der Waals surface area contributed by atoms with Crippen molar-refractivity contribution >= 4 is 5.97 Å². The first-order valence-electron chi connectivity index (χ1n) is 4.97. The number of rotatable bonds is 4. The van der Waals surface area contributed by atoms with E-state index in [-0.39, 0.29) is 0 Å². The summed E-state index contributed by atoms with van der Waals surface area (Å²) in [4.78, 5) is 10.8. The molecule has 0 aliphatic carbocycles. The summed E-state index contributed by atoms with van der Waals surface area (Å²) in [5, 5.41) is 8.83. The maximum Gasteiger partial charge on any atom is 0.345 e. The van der Waals surface area contributed by atoms with Gasteiger partial charge in [-0.1, -0.05) is 18.7 Å². The molecule has 1 aromatic carbocycles. The molecule has 2 rings (SSSR count). The molecule has 4 heteroatoms. The van der Waals surface area contributed by atoms with Crippen molar-refractivity contribution < 1.29 is 19.4 Å².